The summed E-state index contributed by atoms with van der Waals surface area (Å²) in [6.45, 7) is 14.1. The quantitative estimate of drug-likeness (QED) is 0.361. The highest BCUT2D eigenvalue weighted by molar-refractivity contribution is 5.93. The van der Waals surface area contributed by atoms with Crippen LogP contribution in [-0.2, 0) is 19.1 Å². The van der Waals surface area contributed by atoms with Gasteiger partial charge in [0.15, 0.2) is 0 Å². The Labute approximate surface area is 172 Å². The second-order valence-corrected chi connectivity index (χ2v) is 10.3. The molecule has 29 heavy (non-hydrogen) atoms. The van der Waals surface area contributed by atoms with Crippen molar-refractivity contribution in [2.45, 2.75) is 90.0 Å². The lowest BCUT2D eigenvalue weighted by Gasteiger charge is -2.67. The molecule has 1 saturated heterocycles. The molecule has 0 spiro atoms. The molecule has 0 amide bonds. The first-order chi connectivity index (χ1) is 13.1. The normalized spacial score (nSPS) is 48.2. The van der Waals surface area contributed by atoms with E-state index in [1.807, 2.05) is 13.8 Å². The number of Topliss-reactive ketones (excluding diaryl/α,β-unsaturated/α-hetero) is 1. The van der Waals surface area contributed by atoms with E-state index in [0.29, 0.717) is 12.8 Å². The number of carbonyl (C=O) groups excluding carboxylic acids is 2. The first kappa shape index (κ1) is 22.4. The molecule has 2 saturated carbocycles. The minimum atomic E-state index is -2.86. The summed E-state index contributed by atoms with van der Waals surface area (Å²) in [6, 6.07) is 0. The summed E-state index contributed by atoms with van der Waals surface area (Å²) in [7, 11) is 0. The molecule has 164 valence electrons. The zero-order valence-corrected chi connectivity index (χ0v) is 18.2. The van der Waals surface area contributed by atoms with Gasteiger partial charge >= 0.3 is 5.97 Å². The van der Waals surface area contributed by atoms with Gasteiger partial charge in [0, 0.05) is 23.7 Å². The highest BCUT2D eigenvalue weighted by Crippen LogP contribution is 2.66. The van der Waals surface area contributed by atoms with Crippen molar-refractivity contribution in [2.24, 2.45) is 22.7 Å². The Balaban J connectivity index is 2.20. The molecule has 0 aromatic heterocycles. The lowest BCUT2D eigenvalue weighted by Crippen LogP contribution is -2.77. The third-order valence-electron chi connectivity index (χ3n) is 8.16. The van der Waals surface area contributed by atoms with Crippen LogP contribution in [0.4, 0.5) is 0 Å². The van der Waals surface area contributed by atoms with Crippen LogP contribution in [0, 0.1) is 22.7 Å². The monoisotopic (exact) mass is 410 g/mol. The molecule has 7 heteroatoms. The van der Waals surface area contributed by atoms with E-state index in [2.05, 4.69) is 6.58 Å². The summed E-state index contributed by atoms with van der Waals surface area (Å²) in [5, 5.41) is 31.9. The third kappa shape index (κ3) is 2.85. The van der Waals surface area contributed by atoms with Crippen molar-refractivity contribution in [3.05, 3.63) is 12.7 Å². The van der Waals surface area contributed by atoms with Crippen LogP contribution in [0.3, 0.4) is 0 Å². The predicted octanol–water partition coefficient (Wildman–Crippen LogP) is 1.72. The average molecular weight is 411 g/mol. The maximum atomic E-state index is 13.4. The van der Waals surface area contributed by atoms with E-state index in [-0.39, 0.29) is 6.42 Å². The van der Waals surface area contributed by atoms with Crippen molar-refractivity contribution in [3.63, 3.8) is 0 Å². The first-order valence-electron chi connectivity index (χ1n) is 10.3. The fourth-order valence-corrected chi connectivity index (χ4v) is 6.60. The average Bonchev–Trinajstić information content (AvgIpc) is 2.61. The van der Waals surface area contributed by atoms with Crippen LogP contribution in [0.1, 0.15) is 60.8 Å². The number of hydrogen-bond acceptors (Lipinski definition) is 7. The van der Waals surface area contributed by atoms with Gasteiger partial charge in [0.2, 0.25) is 5.78 Å². The molecule has 1 heterocycles. The van der Waals surface area contributed by atoms with E-state index in [9.17, 15) is 24.9 Å². The van der Waals surface area contributed by atoms with Crippen molar-refractivity contribution < 1.29 is 34.4 Å². The molecule has 0 radical (unpaired) electrons. The van der Waals surface area contributed by atoms with Crippen LogP contribution in [0.2, 0.25) is 0 Å². The second kappa shape index (κ2) is 6.36. The van der Waals surface area contributed by atoms with Crippen LogP contribution >= 0.6 is 0 Å². The number of aliphatic hydroxyl groups excluding tert-OH is 1. The standard InChI is InChI=1S/C22H34O7/c1-8-19(5)10-9-13-20(6)14(11-15(28-12(2)23)21(13,7)29-19)18(3,4)16(24)22(26,27)17(20)25/h8,13-16,24,26-27H,1,9-11H2,2-7H3/t13-,14+,15+,16?,19+,20-,21+/m1/s1. The fraction of sp³-hybridized carbons (Fsp3) is 0.818. The van der Waals surface area contributed by atoms with Gasteiger partial charge in [-0.15, -0.1) is 6.58 Å². The van der Waals surface area contributed by atoms with Crippen LogP contribution in [-0.4, -0.2) is 56.3 Å². The third-order valence-corrected chi connectivity index (χ3v) is 8.16. The van der Waals surface area contributed by atoms with E-state index in [1.54, 1.807) is 26.8 Å². The molecule has 7 atom stereocenters. The topological polar surface area (TPSA) is 113 Å². The van der Waals surface area contributed by atoms with Crippen LogP contribution in [0.5, 0.6) is 0 Å². The van der Waals surface area contributed by atoms with Gasteiger partial charge in [0.1, 0.15) is 17.8 Å². The smallest absolute Gasteiger partial charge is 0.303 e. The number of esters is 1. The predicted molar refractivity (Wildman–Crippen MR) is 105 cm³/mol. The molecule has 3 rings (SSSR count). The largest absolute Gasteiger partial charge is 0.459 e. The zero-order valence-electron chi connectivity index (χ0n) is 18.2. The lowest BCUT2D eigenvalue weighted by molar-refractivity contribution is -0.324. The first-order valence-corrected chi connectivity index (χ1v) is 10.3. The van der Waals surface area contributed by atoms with Gasteiger partial charge < -0.3 is 24.8 Å². The number of ketones is 1. The molecule has 1 aliphatic heterocycles. The van der Waals surface area contributed by atoms with Crippen molar-refractivity contribution in [1.82, 2.24) is 0 Å². The summed E-state index contributed by atoms with van der Waals surface area (Å²) in [5.41, 5.74) is -3.87. The molecule has 0 aromatic carbocycles. The zero-order chi connectivity index (χ0) is 22.2. The van der Waals surface area contributed by atoms with Gasteiger partial charge in [-0.1, -0.05) is 26.8 Å². The van der Waals surface area contributed by atoms with Crippen molar-refractivity contribution in [3.8, 4) is 0 Å². The maximum Gasteiger partial charge on any atom is 0.303 e. The van der Waals surface area contributed by atoms with Gasteiger partial charge in [-0.25, -0.2) is 0 Å². The van der Waals surface area contributed by atoms with Crippen molar-refractivity contribution in [1.29, 1.82) is 0 Å². The Morgan fingerprint density at radius 2 is 1.79 bits per heavy atom. The molecule has 3 aliphatic rings. The highest BCUT2D eigenvalue weighted by Gasteiger charge is 2.75. The molecule has 0 aromatic rings. The van der Waals surface area contributed by atoms with Crippen LogP contribution < -0.4 is 0 Å². The van der Waals surface area contributed by atoms with Gasteiger partial charge in [-0.2, -0.15) is 0 Å². The van der Waals surface area contributed by atoms with Gasteiger partial charge in [-0.05, 0) is 39.0 Å². The lowest BCUT2D eigenvalue weighted by atomic mass is 9.41. The molecule has 3 fully saturated rings. The minimum Gasteiger partial charge on any atom is -0.459 e. The number of aliphatic hydroxyl groups is 3. The Bertz CT molecular complexity index is 743. The Hall–Kier alpha value is -1.28. The molecule has 2 aliphatic carbocycles. The minimum absolute atomic E-state index is 0.266. The summed E-state index contributed by atoms with van der Waals surface area (Å²) in [6.07, 6.45) is 0.816. The maximum absolute atomic E-state index is 13.4. The number of carbonyl (C=O) groups is 2. The Morgan fingerprint density at radius 3 is 2.31 bits per heavy atom. The van der Waals surface area contributed by atoms with E-state index in [4.69, 9.17) is 9.47 Å². The number of fused-ring (bicyclic) bond motifs is 3. The van der Waals surface area contributed by atoms with Crippen LogP contribution in [0.15, 0.2) is 12.7 Å². The summed E-state index contributed by atoms with van der Waals surface area (Å²) in [4.78, 5) is 25.3. The molecule has 7 nitrogen and oxygen atoms in total. The summed E-state index contributed by atoms with van der Waals surface area (Å²) in [5.74, 6) is -4.99. The van der Waals surface area contributed by atoms with Gasteiger partial charge in [0.05, 0.1) is 5.60 Å². The Kier molecular flexibility index (Phi) is 4.91. The van der Waals surface area contributed by atoms with E-state index < -0.39 is 63.6 Å². The number of ether oxygens (including phenoxy) is 2. The van der Waals surface area contributed by atoms with E-state index >= 15 is 0 Å². The van der Waals surface area contributed by atoms with E-state index in [0.717, 1.165) is 0 Å². The number of rotatable bonds is 2. The Morgan fingerprint density at radius 1 is 1.21 bits per heavy atom. The van der Waals surface area contributed by atoms with E-state index in [1.165, 1.54) is 6.92 Å². The molecule has 1 unspecified atom stereocenters. The van der Waals surface area contributed by atoms with Crippen molar-refractivity contribution >= 4 is 11.8 Å². The number of hydrogen-bond donors (Lipinski definition) is 3. The van der Waals surface area contributed by atoms with Gasteiger partial charge in [0.25, 0.3) is 5.79 Å². The molecular weight excluding hydrogens is 376 g/mol. The molecular formula is C22H34O7. The van der Waals surface area contributed by atoms with Gasteiger partial charge in [-0.3, -0.25) is 9.59 Å². The van der Waals surface area contributed by atoms with Crippen molar-refractivity contribution in [2.75, 3.05) is 0 Å². The molecule has 0 bridgehead atoms. The highest BCUT2D eigenvalue weighted by atomic mass is 16.6. The fourth-order valence-electron chi connectivity index (χ4n) is 6.60. The summed E-state index contributed by atoms with van der Waals surface area (Å²) < 4.78 is 12.2. The van der Waals surface area contributed by atoms with Crippen LogP contribution in [0.25, 0.3) is 0 Å². The summed E-state index contributed by atoms with van der Waals surface area (Å²) >= 11 is 0. The second-order valence-electron chi connectivity index (χ2n) is 10.3. The molecule has 3 N–H and O–H groups in total. The SMILES string of the molecule is C=C[C@@]1(C)CC[C@H]2[C@](C)(O1)[C@@H](OC(C)=O)C[C@H]1C(C)(C)C(O)C(O)(O)C(=O)[C@@]12C.